The third kappa shape index (κ3) is 7.94. The van der Waals surface area contributed by atoms with Crippen molar-refractivity contribution in [1.82, 2.24) is 10.6 Å². The van der Waals surface area contributed by atoms with E-state index < -0.39 is 29.3 Å². The quantitative estimate of drug-likeness (QED) is 0.367. The van der Waals surface area contributed by atoms with Crippen LogP contribution in [-0.4, -0.2) is 41.4 Å². The van der Waals surface area contributed by atoms with Gasteiger partial charge >= 0.3 is 0 Å². The number of aliphatic hydroxyl groups excluding tert-OH is 2. The molecule has 0 aliphatic heterocycles. The Labute approximate surface area is 219 Å². The second kappa shape index (κ2) is 12.3. The lowest BCUT2D eigenvalue weighted by Gasteiger charge is -2.41. The summed E-state index contributed by atoms with van der Waals surface area (Å²) in [7, 11) is 0. The summed E-state index contributed by atoms with van der Waals surface area (Å²) in [5.74, 6) is -1.73. The molecule has 0 spiro atoms. The molecule has 2 aromatic rings. The standard InChI is InChI=1S/C30H40F2N2O3/c1-20(36)34-27(16-22-14-25(31)18-26(32)15-22)28(37)19-33-30(11-8-21(9-12-30)10-13-35)24-7-5-6-23(17-24)29(2,3)4/h5-7,10,14-15,17-18,27-28,33,35,37H,8-9,11-13,16,19H2,1-4H3,(H,34,36)/t27-,28-,30?/m0/s1. The second-order valence-corrected chi connectivity index (χ2v) is 11.2. The molecule has 2 aromatic carbocycles. The van der Waals surface area contributed by atoms with E-state index in [4.69, 9.17) is 0 Å². The molecule has 0 radical (unpaired) electrons. The van der Waals surface area contributed by atoms with Gasteiger partial charge in [0.05, 0.1) is 18.8 Å². The molecule has 0 saturated heterocycles. The zero-order valence-electron chi connectivity index (χ0n) is 22.3. The Hall–Kier alpha value is -2.61. The van der Waals surface area contributed by atoms with Crippen molar-refractivity contribution < 1.29 is 23.8 Å². The van der Waals surface area contributed by atoms with Crippen LogP contribution in [0.5, 0.6) is 0 Å². The number of halogens is 2. The summed E-state index contributed by atoms with van der Waals surface area (Å²) in [6.07, 6.45) is 4.19. The molecule has 202 valence electrons. The third-order valence-corrected chi connectivity index (χ3v) is 7.29. The van der Waals surface area contributed by atoms with Crippen molar-refractivity contribution >= 4 is 5.91 Å². The monoisotopic (exact) mass is 514 g/mol. The zero-order chi connectivity index (χ0) is 27.2. The number of hydrogen-bond acceptors (Lipinski definition) is 4. The molecule has 1 aliphatic carbocycles. The van der Waals surface area contributed by atoms with E-state index in [2.05, 4.69) is 55.7 Å². The van der Waals surface area contributed by atoms with Gasteiger partial charge in [0.2, 0.25) is 5.91 Å². The highest BCUT2D eigenvalue weighted by molar-refractivity contribution is 5.73. The van der Waals surface area contributed by atoms with Crippen LogP contribution < -0.4 is 10.6 Å². The Kier molecular flexibility index (Phi) is 9.62. The van der Waals surface area contributed by atoms with Gasteiger partial charge < -0.3 is 20.8 Å². The van der Waals surface area contributed by atoms with Crippen LogP contribution in [0, 0.1) is 11.6 Å². The van der Waals surface area contributed by atoms with Crippen LogP contribution in [0.4, 0.5) is 8.78 Å². The molecular weight excluding hydrogens is 474 g/mol. The largest absolute Gasteiger partial charge is 0.392 e. The van der Waals surface area contributed by atoms with Gasteiger partial charge in [0.1, 0.15) is 11.6 Å². The average molecular weight is 515 g/mol. The van der Waals surface area contributed by atoms with E-state index >= 15 is 0 Å². The van der Waals surface area contributed by atoms with Gasteiger partial charge in [-0.2, -0.15) is 0 Å². The van der Waals surface area contributed by atoms with Crippen LogP contribution in [0.3, 0.4) is 0 Å². The topological polar surface area (TPSA) is 81.6 Å². The van der Waals surface area contributed by atoms with Crippen molar-refractivity contribution in [3.8, 4) is 0 Å². The van der Waals surface area contributed by atoms with Crippen LogP contribution in [-0.2, 0) is 22.2 Å². The number of rotatable bonds is 9. The molecule has 0 aromatic heterocycles. The highest BCUT2D eigenvalue weighted by Gasteiger charge is 2.36. The van der Waals surface area contributed by atoms with Gasteiger partial charge in [-0.1, -0.05) is 56.7 Å². The maximum atomic E-state index is 13.8. The molecule has 0 unspecified atom stereocenters. The molecule has 0 bridgehead atoms. The molecule has 7 heteroatoms. The van der Waals surface area contributed by atoms with E-state index in [0.29, 0.717) is 5.56 Å². The number of carbonyl (C=O) groups excluding carboxylic acids is 1. The van der Waals surface area contributed by atoms with Crippen molar-refractivity contribution in [3.63, 3.8) is 0 Å². The molecular formula is C30H40F2N2O3. The molecule has 1 aliphatic rings. The summed E-state index contributed by atoms with van der Waals surface area (Å²) >= 11 is 0. The molecule has 1 fully saturated rings. The van der Waals surface area contributed by atoms with Crippen LogP contribution in [0.1, 0.15) is 70.1 Å². The van der Waals surface area contributed by atoms with Crippen molar-refractivity contribution in [2.75, 3.05) is 13.2 Å². The number of aliphatic hydroxyl groups is 2. The number of nitrogens with one attached hydrogen (secondary N) is 2. The van der Waals surface area contributed by atoms with Gasteiger partial charge in [-0.3, -0.25) is 4.79 Å². The van der Waals surface area contributed by atoms with Gasteiger partial charge in [0, 0.05) is 25.1 Å². The Bertz CT molecular complexity index is 1080. The van der Waals surface area contributed by atoms with E-state index in [-0.39, 0.29) is 30.9 Å². The van der Waals surface area contributed by atoms with Crippen molar-refractivity contribution in [2.24, 2.45) is 0 Å². The average Bonchev–Trinajstić information content (AvgIpc) is 2.82. The highest BCUT2D eigenvalue weighted by Crippen LogP contribution is 2.40. The Morgan fingerprint density at radius 1 is 1.11 bits per heavy atom. The lowest BCUT2D eigenvalue weighted by molar-refractivity contribution is -0.120. The predicted octanol–water partition coefficient (Wildman–Crippen LogP) is 4.65. The summed E-state index contributed by atoms with van der Waals surface area (Å²) in [5, 5.41) is 26.9. The fourth-order valence-electron chi connectivity index (χ4n) is 5.15. The molecule has 3 rings (SSSR count). The third-order valence-electron chi connectivity index (χ3n) is 7.29. The van der Waals surface area contributed by atoms with Crippen LogP contribution in [0.15, 0.2) is 54.1 Å². The van der Waals surface area contributed by atoms with Crippen LogP contribution in [0.25, 0.3) is 0 Å². The van der Waals surface area contributed by atoms with Crippen LogP contribution in [0.2, 0.25) is 0 Å². The molecule has 5 nitrogen and oxygen atoms in total. The van der Waals surface area contributed by atoms with Gasteiger partial charge in [0.25, 0.3) is 0 Å². The smallest absolute Gasteiger partial charge is 0.217 e. The van der Waals surface area contributed by atoms with Gasteiger partial charge in [-0.25, -0.2) is 8.78 Å². The van der Waals surface area contributed by atoms with Crippen LogP contribution >= 0.6 is 0 Å². The molecule has 1 saturated carbocycles. The minimum Gasteiger partial charge on any atom is -0.392 e. The Morgan fingerprint density at radius 2 is 1.76 bits per heavy atom. The minimum atomic E-state index is -0.993. The fraction of sp³-hybridized carbons (Fsp3) is 0.500. The fourth-order valence-corrected chi connectivity index (χ4v) is 5.15. The number of benzene rings is 2. The molecule has 1 amide bonds. The minimum absolute atomic E-state index is 0.0209. The van der Waals surface area contributed by atoms with Crippen molar-refractivity contribution in [2.45, 2.75) is 82.9 Å². The normalized spacial score (nSPS) is 19.8. The summed E-state index contributed by atoms with van der Waals surface area (Å²) in [4.78, 5) is 11.9. The molecule has 0 heterocycles. The first kappa shape index (κ1) is 29.0. The van der Waals surface area contributed by atoms with E-state index in [9.17, 15) is 23.8 Å². The van der Waals surface area contributed by atoms with E-state index in [1.165, 1.54) is 30.2 Å². The Balaban J connectivity index is 1.85. The van der Waals surface area contributed by atoms with Gasteiger partial charge in [0.15, 0.2) is 0 Å². The first-order valence-electron chi connectivity index (χ1n) is 13.0. The number of hydrogen-bond donors (Lipinski definition) is 4. The summed E-state index contributed by atoms with van der Waals surface area (Å²) in [6.45, 7) is 8.08. The van der Waals surface area contributed by atoms with E-state index in [1.54, 1.807) is 0 Å². The second-order valence-electron chi connectivity index (χ2n) is 11.2. The number of allylic oxidation sites excluding steroid dienone is 1. The van der Waals surface area contributed by atoms with Gasteiger partial charge in [-0.15, -0.1) is 0 Å². The summed E-state index contributed by atoms with van der Waals surface area (Å²) in [6, 6.07) is 11.0. The van der Waals surface area contributed by atoms with E-state index in [0.717, 1.165) is 37.3 Å². The highest BCUT2D eigenvalue weighted by atomic mass is 19.1. The lowest BCUT2D eigenvalue weighted by atomic mass is 9.73. The number of amides is 1. The molecule has 2 atom stereocenters. The van der Waals surface area contributed by atoms with E-state index in [1.807, 2.05) is 6.08 Å². The van der Waals surface area contributed by atoms with Crippen molar-refractivity contribution in [1.29, 1.82) is 0 Å². The van der Waals surface area contributed by atoms with Gasteiger partial charge in [-0.05, 0) is 66.3 Å². The molecule has 4 N–H and O–H groups in total. The maximum absolute atomic E-state index is 13.8. The summed E-state index contributed by atoms with van der Waals surface area (Å²) < 4.78 is 27.5. The number of carbonyl (C=O) groups is 1. The summed E-state index contributed by atoms with van der Waals surface area (Å²) in [5.41, 5.74) is 3.51. The molecule has 37 heavy (non-hydrogen) atoms. The Morgan fingerprint density at radius 3 is 2.32 bits per heavy atom. The predicted molar refractivity (Wildman–Crippen MR) is 142 cm³/mol. The zero-order valence-corrected chi connectivity index (χ0v) is 22.3. The maximum Gasteiger partial charge on any atom is 0.217 e. The SMILES string of the molecule is CC(=O)N[C@@H](Cc1cc(F)cc(F)c1)[C@@H](O)CNC1(c2cccc(C(C)(C)C)c2)CCC(=CCO)CC1. The first-order chi connectivity index (χ1) is 17.4. The first-order valence-corrected chi connectivity index (χ1v) is 13.0. The van der Waals surface area contributed by atoms with Crippen molar-refractivity contribution in [3.05, 3.63) is 82.4 Å². The lowest BCUT2D eigenvalue weighted by Crippen LogP contribution is -2.53.